The van der Waals surface area contributed by atoms with Crippen LogP contribution in [0.2, 0.25) is 0 Å². The Bertz CT molecular complexity index is 974. The van der Waals surface area contributed by atoms with Gasteiger partial charge >= 0.3 is 0 Å². The molecule has 0 aliphatic carbocycles. The molecule has 1 atom stereocenters. The van der Waals surface area contributed by atoms with Crippen LogP contribution in [0, 0.1) is 34.6 Å². The number of benzene rings is 2. The lowest BCUT2D eigenvalue weighted by Crippen LogP contribution is -2.41. The highest BCUT2D eigenvalue weighted by molar-refractivity contribution is 7.92. The van der Waals surface area contributed by atoms with E-state index in [0.717, 1.165) is 39.6 Å². The summed E-state index contributed by atoms with van der Waals surface area (Å²) >= 11 is 0. The minimum Gasteiger partial charge on any atom is -0.348 e. The maximum atomic E-state index is 12.7. The van der Waals surface area contributed by atoms with Gasteiger partial charge in [0.1, 0.15) is 6.54 Å². The average molecular weight is 403 g/mol. The van der Waals surface area contributed by atoms with Gasteiger partial charge in [0, 0.05) is 0 Å². The number of hydrogen-bond donors (Lipinski definition) is 1. The van der Waals surface area contributed by atoms with E-state index in [1.165, 1.54) is 4.31 Å². The monoisotopic (exact) mass is 402 g/mol. The number of carbonyl (C=O) groups is 1. The standard InChI is InChI=1S/C22H30N2O3S/c1-14-8-9-20(16(3)10-14)19(6)23-21(25)13-24(28(7,26)27)22-17(4)11-15(2)12-18(22)5/h8-12,19H,13H2,1-7H3,(H,23,25)/t19-/m0/s1. The number of aryl methyl sites for hydroxylation is 5. The molecule has 5 nitrogen and oxygen atoms in total. The molecule has 2 aromatic rings. The predicted molar refractivity (Wildman–Crippen MR) is 115 cm³/mol. The minimum absolute atomic E-state index is 0.213. The summed E-state index contributed by atoms with van der Waals surface area (Å²) in [5.41, 5.74) is 6.57. The fraction of sp³-hybridized carbons (Fsp3) is 0.409. The van der Waals surface area contributed by atoms with Gasteiger partial charge in [0.15, 0.2) is 0 Å². The van der Waals surface area contributed by atoms with Crippen molar-refractivity contribution in [1.29, 1.82) is 0 Å². The van der Waals surface area contributed by atoms with Crippen LogP contribution in [0.25, 0.3) is 0 Å². The van der Waals surface area contributed by atoms with E-state index in [9.17, 15) is 13.2 Å². The molecule has 0 unspecified atom stereocenters. The maximum absolute atomic E-state index is 12.7. The smallest absolute Gasteiger partial charge is 0.241 e. The minimum atomic E-state index is -3.61. The van der Waals surface area contributed by atoms with Gasteiger partial charge in [-0.05, 0) is 63.8 Å². The molecule has 1 N–H and O–H groups in total. The molecule has 0 aliphatic heterocycles. The van der Waals surface area contributed by atoms with E-state index in [4.69, 9.17) is 0 Å². The molecule has 0 radical (unpaired) electrons. The van der Waals surface area contributed by atoms with Gasteiger partial charge in [-0.3, -0.25) is 9.10 Å². The van der Waals surface area contributed by atoms with Crippen LogP contribution in [0.4, 0.5) is 5.69 Å². The zero-order valence-corrected chi connectivity index (χ0v) is 18.6. The Morgan fingerprint density at radius 3 is 2.00 bits per heavy atom. The number of sulfonamides is 1. The van der Waals surface area contributed by atoms with E-state index in [1.807, 2.05) is 65.8 Å². The molecule has 2 aromatic carbocycles. The summed E-state index contributed by atoms with van der Waals surface area (Å²) in [5, 5.41) is 2.93. The van der Waals surface area contributed by atoms with Crippen LogP contribution in [-0.4, -0.2) is 27.1 Å². The Morgan fingerprint density at radius 2 is 1.50 bits per heavy atom. The molecule has 0 saturated carbocycles. The van der Waals surface area contributed by atoms with Crippen LogP contribution in [0.15, 0.2) is 30.3 Å². The third-order valence-corrected chi connectivity index (χ3v) is 5.95. The Hall–Kier alpha value is -2.34. The first-order valence-corrected chi connectivity index (χ1v) is 11.2. The number of hydrogen-bond acceptors (Lipinski definition) is 3. The average Bonchev–Trinajstić information content (AvgIpc) is 2.51. The van der Waals surface area contributed by atoms with Gasteiger partial charge in [-0.25, -0.2) is 8.42 Å². The second-order valence-electron chi connectivity index (χ2n) is 7.67. The van der Waals surface area contributed by atoms with Crippen LogP contribution >= 0.6 is 0 Å². The van der Waals surface area contributed by atoms with Crippen molar-refractivity contribution in [3.8, 4) is 0 Å². The highest BCUT2D eigenvalue weighted by Gasteiger charge is 2.25. The SMILES string of the molecule is Cc1ccc([C@H](C)NC(=O)CN(c2c(C)cc(C)cc2C)S(C)(=O)=O)c(C)c1. The molecule has 2 rings (SSSR count). The van der Waals surface area contributed by atoms with Crippen LogP contribution in [-0.2, 0) is 14.8 Å². The van der Waals surface area contributed by atoms with Crippen LogP contribution < -0.4 is 9.62 Å². The van der Waals surface area contributed by atoms with E-state index in [2.05, 4.69) is 11.4 Å². The zero-order chi connectivity index (χ0) is 21.2. The fourth-order valence-electron chi connectivity index (χ4n) is 3.73. The molecule has 0 spiro atoms. The van der Waals surface area contributed by atoms with Crippen molar-refractivity contribution in [1.82, 2.24) is 5.32 Å². The van der Waals surface area contributed by atoms with Crippen molar-refractivity contribution in [2.75, 3.05) is 17.1 Å². The van der Waals surface area contributed by atoms with Gasteiger partial charge < -0.3 is 5.32 Å². The highest BCUT2D eigenvalue weighted by atomic mass is 32.2. The normalized spacial score (nSPS) is 12.5. The lowest BCUT2D eigenvalue weighted by molar-refractivity contribution is -0.120. The fourth-order valence-corrected chi connectivity index (χ4v) is 4.71. The van der Waals surface area contributed by atoms with Crippen molar-refractivity contribution in [2.45, 2.75) is 47.6 Å². The molecule has 28 heavy (non-hydrogen) atoms. The van der Waals surface area contributed by atoms with Gasteiger partial charge in [0.05, 0.1) is 18.0 Å². The molecular weight excluding hydrogens is 372 g/mol. The van der Waals surface area contributed by atoms with Crippen LogP contribution in [0.1, 0.15) is 46.3 Å². The van der Waals surface area contributed by atoms with Crippen molar-refractivity contribution >= 4 is 21.6 Å². The molecule has 6 heteroatoms. The molecule has 0 saturated heterocycles. The molecule has 152 valence electrons. The summed E-state index contributed by atoms with van der Waals surface area (Å²) in [4.78, 5) is 12.7. The molecule has 0 bridgehead atoms. The largest absolute Gasteiger partial charge is 0.348 e. The number of amides is 1. The number of nitrogens with zero attached hydrogens (tertiary/aromatic N) is 1. The first-order chi connectivity index (χ1) is 12.9. The van der Waals surface area contributed by atoms with Crippen molar-refractivity contribution < 1.29 is 13.2 Å². The van der Waals surface area contributed by atoms with E-state index < -0.39 is 10.0 Å². The Labute approximate surface area is 168 Å². The molecular formula is C22H30N2O3S. The van der Waals surface area contributed by atoms with Crippen molar-refractivity contribution in [3.05, 3.63) is 63.7 Å². The maximum Gasteiger partial charge on any atom is 0.241 e. The first-order valence-electron chi connectivity index (χ1n) is 9.32. The van der Waals surface area contributed by atoms with E-state index in [1.54, 1.807) is 0 Å². The van der Waals surface area contributed by atoms with Crippen molar-refractivity contribution in [3.63, 3.8) is 0 Å². The Balaban J connectivity index is 2.28. The number of carbonyl (C=O) groups excluding carboxylic acids is 1. The van der Waals surface area contributed by atoms with Gasteiger partial charge in [-0.1, -0.05) is 41.5 Å². The molecule has 0 fully saturated rings. The van der Waals surface area contributed by atoms with Crippen LogP contribution in [0.5, 0.6) is 0 Å². The Kier molecular flexibility index (Phi) is 6.55. The van der Waals surface area contributed by atoms with Gasteiger partial charge in [0.25, 0.3) is 0 Å². The number of rotatable bonds is 6. The number of anilines is 1. The second kappa shape index (κ2) is 8.35. The topological polar surface area (TPSA) is 66.5 Å². The third-order valence-electron chi connectivity index (χ3n) is 4.84. The first kappa shape index (κ1) is 22.0. The summed E-state index contributed by atoms with van der Waals surface area (Å²) in [6, 6.07) is 9.72. The van der Waals surface area contributed by atoms with Gasteiger partial charge in [-0.15, -0.1) is 0 Å². The summed E-state index contributed by atoms with van der Waals surface area (Å²) < 4.78 is 26.1. The Morgan fingerprint density at radius 1 is 0.964 bits per heavy atom. The summed E-state index contributed by atoms with van der Waals surface area (Å²) in [6.07, 6.45) is 1.13. The molecule has 1 amide bonds. The zero-order valence-electron chi connectivity index (χ0n) is 17.8. The lowest BCUT2D eigenvalue weighted by atomic mass is 10.0. The third kappa shape index (κ3) is 5.13. The number of nitrogens with one attached hydrogen (secondary N) is 1. The second-order valence-corrected chi connectivity index (χ2v) is 9.57. The summed E-state index contributed by atoms with van der Waals surface area (Å²) in [6.45, 7) is 11.4. The summed E-state index contributed by atoms with van der Waals surface area (Å²) in [5.74, 6) is -0.336. The highest BCUT2D eigenvalue weighted by Crippen LogP contribution is 2.28. The molecule has 0 heterocycles. The quantitative estimate of drug-likeness (QED) is 0.798. The molecule has 0 aliphatic rings. The molecule has 0 aromatic heterocycles. The van der Waals surface area contributed by atoms with Crippen molar-refractivity contribution in [2.24, 2.45) is 0 Å². The van der Waals surface area contributed by atoms with E-state index >= 15 is 0 Å². The lowest BCUT2D eigenvalue weighted by Gasteiger charge is -2.27. The predicted octanol–water partition coefficient (Wildman–Crippen LogP) is 3.87. The van der Waals surface area contributed by atoms with Gasteiger partial charge in [-0.2, -0.15) is 0 Å². The summed E-state index contributed by atoms with van der Waals surface area (Å²) in [7, 11) is -3.61. The van der Waals surface area contributed by atoms with E-state index in [-0.39, 0.29) is 18.5 Å². The van der Waals surface area contributed by atoms with Gasteiger partial charge in [0.2, 0.25) is 15.9 Å². The van der Waals surface area contributed by atoms with E-state index in [0.29, 0.717) is 5.69 Å². The van der Waals surface area contributed by atoms with Crippen LogP contribution in [0.3, 0.4) is 0 Å².